The van der Waals surface area contributed by atoms with Crippen LogP contribution < -0.4 is 4.90 Å². The first-order valence-corrected chi connectivity index (χ1v) is 14.3. The van der Waals surface area contributed by atoms with Crippen LogP contribution in [0, 0.1) is 6.92 Å². The van der Waals surface area contributed by atoms with Gasteiger partial charge in [0.05, 0.1) is 15.1 Å². The first kappa shape index (κ1) is 25.8. The summed E-state index contributed by atoms with van der Waals surface area (Å²) >= 11 is 1.49. The minimum Gasteiger partial charge on any atom is -0.308 e. The molecule has 1 saturated carbocycles. The van der Waals surface area contributed by atoms with E-state index < -0.39 is 10.0 Å². The predicted octanol–water partition coefficient (Wildman–Crippen LogP) is 4.77. The molecule has 3 aromatic rings. The lowest BCUT2D eigenvalue weighted by atomic mass is 9.96. The Morgan fingerprint density at radius 2 is 1.69 bits per heavy atom. The number of fused-ring (bicyclic) bond motifs is 1. The molecule has 0 saturated heterocycles. The molecule has 2 aromatic carbocycles. The van der Waals surface area contributed by atoms with E-state index in [9.17, 15) is 13.2 Å². The van der Waals surface area contributed by atoms with Crippen molar-refractivity contribution in [2.75, 3.05) is 39.1 Å². The van der Waals surface area contributed by atoms with Crippen molar-refractivity contribution in [3.8, 4) is 0 Å². The molecule has 1 heterocycles. The maximum Gasteiger partial charge on any atom is 0.260 e. The molecular formula is C26H34N4O3S2. The molecule has 0 N–H and O–H groups in total. The number of rotatable bonds is 8. The van der Waals surface area contributed by atoms with Crippen LogP contribution in [0.4, 0.5) is 5.13 Å². The normalized spacial score (nSPS) is 15.3. The van der Waals surface area contributed by atoms with Crippen LogP contribution in [0.5, 0.6) is 0 Å². The second-order valence-electron chi connectivity index (χ2n) is 9.57. The highest BCUT2D eigenvalue weighted by Gasteiger charge is 2.29. The molecule has 0 unspecified atom stereocenters. The second kappa shape index (κ2) is 10.7. The summed E-state index contributed by atoms with van der Waals surface area (Å²) in [4.78, 5) is 22.2. The minimum atomic E-state index is -3.60. The summed E-state index contributed by atoms with van der Waals surface area (Å²) in [6, 6.07) is 12.4. The fourth-order valence-corrected chi connectivity index (χ4v) is 6.96. The van der Waals surface area contributed by atoms with Crippen molar-refractivity contribution in [3.63, 3.8) is 0 Å². The number of likely N-dealkylation sites (N-methyl/N-ethyl adjacent to an activating group) is 1. The molecule has 4 rings (SSSR count). The van der Waals surface area contributed by atoms with Crippen LogP contribution in [0.3, 0.4) is 0 Å². The Balaban J connectivity index is 1.59. The molecule has 0 atom stereocenters. The summed E-state index contributed by atoms with van der Waals surface area (Å²) in [5.74, 6) is -0.188. The molecule has 9 heteroatoms. The average Bonchev–Trinajstić information content (AvgIpc) is 3.26. The van der Waals surface area contributed by atoms with Gasteiger partial charge in [-0.2, -0.15) is 4.31 Å². The molecule has 0 bridgehead atoms. The van der Waals surface area contributed by atoms with Crippen molar-refractivity contribution in [2.45, 2.75) is 50.0 Å². The van der Waals surface area contributed by atoms with Crippen molar-refractivity contribution in [1.82, 2.24) is 14.2 Å². The predicted molar refractivity (Wildman–Crippen MR) is 143 cm³/mol. The summed E-state index contributed by atoms with van der Waals surface area (Å²) in [6.45, 7) is 3.20. The van der Waals surface area contributed by atoms with Gasteiger partial charge in [-0.1, -0.05) is 36.7 Å². The van der Waals surface area contributed by atoms with Gasteiger partial charge in [0.15, 0.2) is 5.13 Å². The molecule has 0 spiro atoms. The van der Waals surface area contributed by atoms with E-state index in [1.165, 1.54) is 22.1 Å². The number of carbonyl (C=O) groups excluding carboxylic acids is 1. The van der Waals surface area contributed by atoms with Gasteiger partial charge in [-0.25, -0.2) is 13.4 Å². The molecule has 1 aliphatic carbocycles. The number of aryl methyl sites for hydroxylation is 1. The number of aromatic nitrogens is 1. The number of hydrogen-bond donors (Lipinski definition) is 0. The van der Waals surface area contributed by atoms with Crippen molar-refractivity contribution in [1.29, 1.82) is 0 Å². The topological polar surface area (TPSA) is 73.8 Å². The van der Waals surface area contributed by atoms with E-state index in [-0.39, 0.29) is 16.8 Å². The zero-order valence-electron chi connectivity index (χ0n) is 20.9. The largest absolute Gasteiger partial charge is 0.308 e. The van der Waals surface area contributed by atoms with Crippen molar-refractivity contribution in [2.24, 2.45) is 0 Å². The summed E-state index contributed by atoms with van der Waals surface area (Å²) in [5.41, 5.74) is 2.46. The Bertz CT molecular complexity index is 1280. The Hall–Kier alpha value is -2.33. The zero-order valence-corrected chi connectivity index (χ0v) is 22.5. The molecule has 1 aliphatic rings. The molecule has 1 amide bonds. The molecular weight excluding hydrogens is 480 g/mol. The maximum atomic E-state index is 13.6. The number of thiazole rings is 1. The van der Waals surface area contributed by atoms with Gasteiger partial charge in [-0.15, -0.1) is 0 Å². The van der Waals surface area contributed by atoms with E-state index in [2.05, 4.69) is 6.07 Å². The molecule has 0 aliphatic heterocycles. The van der Waals surface area contributed by atoms with Crippen molar-refractivity contribution in [3.05, 3.63) is 53.6 Å². The summed E-state index contributed by atoms with van der Waals surface area (Å²) < 4.78 is 28.9. The van der Waals surface area contributed by atoms with E-state index in [1.807, 2.05) is 38.1 Å². The average molecular weight is 515 g/mol. The number of hydrogen-bond acceptors (Lipinski definition) is 6. The van der Waals surface area contributed by atoms with Gasteiger partial charge in [0.2, 0.25) is 10.0 Å². The van der Waals surface area contributed by atoms with E-state index >= 15 is 0 Å². The van der Waals surface area contributed by atoms with E-state index in [4.69, 9.17) is 4.98 Å². The Kier molecular flexibility index (Phi) is 7.90. The SMILES string of the molecule is Cc1ccc2nc(N(CCN(C)C)C(=O)c3ccc(S(=O)(=O)N(C)C4CCCCC4)cc3)sc2c1. The van der Waals surface area contributed by atoms with Crippen LogP contribution >= 0.6 is 11.3 Å². The standard InChI is InChI=1S/C26H34N4O3S2/c1-19-10-15-23-24(18-19)34-26(27-23)30(17-16-28(2)3)25(31)20-11-13-22(14-12-20)35(32,33)29(4)21-8-6-5-7-9-21/h10-15,18,21H,5-9,16-17H2,1-4H3. The van der Waals surface area contributed by atoms with Crippen LogP contribution in [-0.2, 0) is 10.0 Å². The van der Waals surface area contributed by atoms with E-state index in [1.54, 1.807) is 36.2 Å². The number of nitrogens with zero attached hydrogens (tertiary/aromatic N) is 4. The Labute approximate surface area is 212 Å². The quantitative estimate of drug-likeness (QED) is 0.433. The summed E-state index contributed by atoms with van der Waals surface area (Å²) in [5, 5.41) is 0.645. The van der Waals surface area contributed by atoms with Gasteiger partial charge in [0, 0.05) is 31.7 Å². The lowest BCUT2D eigenvalue weighted by Gasteiger charge is -2.30. The molecule has 35 heavy (non-hydrogen) atoms. The van der Waals surface area contributed by atoms with Gasteiger partial charge >= 0.3 is 0 Å². The highest BCUT2D eigenvalue weighted by Crippen LogP contribution is 2.31. The number of sulfonamides is 1. The van der Waals surface area contributed by atoms with Gasteiger partial charge < -0.3 is 4.90 Å². The van der Waals surface area contributed by atoms with Gasteiger partial charge in [0.25, 0.3) is 5.91 Å². The Morgan fingerprint density at radius 1 is 1.00 bits per heavy atom. The van der Waals surface area contributed by atoms with E-state index in [0.717, 1.165) is 41.5 Å². The van der Waals surface area contributed by atoms with Gasteiger partial charge in [-0.3, -0.25) is 9.69 Å². The molecule has 188 valence electrons. The van der Waals surface area contributed by atoms with Crippen molar-refractivity contribution < 1.29 is 13.2 Å². The zero-order chi connectivity index (χ0) is 25.2. The van der Waals surface area contributed by atoms with Crippen LogP contribution in [-0.4, -0.2) is 68.8 Å². The molecule has 1 fully saturated rings. The van der Waals surface area contributed by atoms with Crippen LogP contribution in [0.2, 0.25) is 0 Å². The van der Waals surface area contributed by atoms with Gasteiger partial charge in [0.1, 0.15) is 0 Å². The number of carbonyl (C=O) groups is 1. The second-order valence-corrected chi connectivity index (χ2v) is 12.6. The lowest BCUT2D eigenvalue weighted by Crippen LogP contribution is -2.38. The molecule has 1 aromatic heterocycles. The van der Waals surface area contributed by atoms with Crippen LogP contribution in [0.1, 0.15) is 48.0 Å². The third kappa shape index (κ3) is 5.74. The third-order valence-corrected chi connectivity index (χ3v) is 9.61. The smallest absolute Gasteiger partial charge is 0.260 e. The van der Waals surface area contributed by atoms with Crippen molar-refractivity contribution >= 4 is 42.6 Å². The Morgan fingerprint density at radius 3 is 2.34 bits per heavy atom. The molecule has 7 nitrogen and oxygen atoms in total. The monoisotopic (exact) mass is 514 g/mol. The highest BCUT2D eigenvalue weighted by atomic mass is 32.2. The lowest BCUT2D eigenvalue weighted by molar-refractivity contribution is 0.0985. The first-order chi connectivity index (χ1) is 16.7. The minimum absolute atomic E-state index is 0.0410. The third-order valence-electron chi connectivity index (χ3n) is 6.65. The van der Waals surface area contributed by atoms with Crippen LogP contribution in [0.15, 0.2) is 47.4 Å². The van der Waals surface area contributed by atoms with E-state index in [0.29, 0.717) is 23.8 Å². The highest BCUT2D eigenvalue weighted by molar-refractivity contribution is 7.89. The number of benzene rings is 2. The summed E-state index contributed by atoms with van der Waals surface area (Å²) in [6.07, 6.45) is 5.08. The van der Waals surface area contributed by atoms with Crippen LogP contribution in [0.25, 0.3) is 10.2 Å². The number of anilines is 1. The molecule has 0 radical (unpaired) electrons. The number of amides is 1. The first-order valence-electron chi connectivity index (χ1n) is 12.1. The fourth-order valence-electron chi connectivity index (χ4n) is 4.45. The van der Waals surface area contributed by atoms with Gasteiger partial charge in [-0.05, 0) is 75.8 Å². The maximum absolute atomic E-state index is 13.6. The fraction of sp³-hybridized carbons (Fsp3) is 0.462. The summed E-state index contributed by atoms with van der Waals surface area (Å²) in [7, 11) is 1.99.